The van der Waals surface area contributed by atoms with Crippen LogP contribution in [-0.4, -0.2) is 29.1 Å². The molecule has 1 heterocycles. The Kier molecular flexibility index (Phi) is 3.19. The summed E-state index contributed by atoms with van der Waals surface area (Å²) in [5, 5.41) is 2.87. The summed E-state index contributed by atoms with van der Waals surface area (Å²) in [6.45, 7) is 1.70. The summed E-state index contributed by atoms with van der Waals surface area (Å²) < 4.78 is 4.54. The van der Waals surface area contributed by atoms with Crippen LogP contribution in [0.3, 0.4) is 0 Å². The van der Waals surface area contributed by atoms with Crippen molar-refractivity contribution in [2.75, 3.05) is 12.4 Å². The van der Waals surface area contributed by atoms with E-state index in [9.17, 15) is 4.79 Å². The van der Waals surface area contributed by atoms with E-state index in [1.165, 1.54) is 13.4 Å². The highest BCUT2D eigenvalue weighted by Crippen LogP contribution is 2.01. The van der Waals surface area contributed by atoms with Crippen molar-refractivity contribution in [3.05, 3.63) is 18.6 Å². The Balaban J connectivity index is 2.55. The van der Waals surface area contributed by atoms with Gasteiger partial charge in [0.05, 0.1) is 7.11 Å². The van der Waals surface area contributed by atoms with Crippen molar-refractivity contribution in [3.8, 4) is 0 Å². The van der Waals surface area contributed by atoms with E-state index in [4.69, 9.17) is 0 Å². The van der Waals surface area contributed by atoms with Crippen LogP contribution in [-0.2, 0) is 9.53 Å². The van der Waals surface area contributed by atoms with Crippen LogP contribution < -0.4 is 5.32 Å². The Bertz CT molecular complexity index is 276. The monoisotopic (exact) mass is 181 g/mol. The molecule has 1 aromatic rings. The van der Waals surface area contributed by atoms with Crippen molar-refractivity contribution < 1.29 is 9.53 Å². The maximum Gasteiger partial charge on any atom is 0.328 e. The van der Waals surface area contributed by atoms with E-state index in [2.05, 4.69) is 20.0 Å². The Hall–Kier alpha value is -1.65. The molecule has 0 aromatic carbocycles. The van der Waals surface area contributed by atoms with Gasteiger partial charge in [0.15, 0.2) is 0 Å². The fourth-order valence-corrected chi connectivity index (χ4v) is 0.834. The lowest BCUT2D eigenvalue weighted by Gasteiger charge is -2.10. The van der Waals surface area contributed by atoms with Crippen LogP contribution in [0.5, 0.6) is 0 Å². The summed E-state index contributed by atoms with van der Waals surface area (Å²) in [5.41, 5.74) is 0. The number of rotatable bonds is 3. The lowest BCUT2D eigenvalue weighted by Crippen LogP contribution is -2.27. The number of nitrogens with one attached hydrogen (secondary N) is 1. The molecule has 1 unspecified atom stereocenters. The number of esters is 1. The molecule has 0 aliphatic rings. The number of hydrogen-bond donors (Lipinski definition) is 1. The third-order valence-electron chi connectivity index (χ3n) is 1.50. The van der Waals surface area contributed by atoms with E-state index in [1.807, 2.05) is 0 Å². The number of nitrogens with zero attached hydrogens (tertiary/aromatic N) is 2. The number of carbonyl (C=O) groups is 1. The Morgan fingerprint density at radius 1 is 1.69 bits per heavy atom. The fraction of sp³-hybridized carbons (Fsp3) is 0.375. The Labute approximate surface area is 76.2 Å². The number of hydrogen-bond acceptors (Lipinski definition) is 5. The molecule has 0 saturated heterocycles. The van der Waals surface area contributed by atoms with Gasteiger partial charge in [0.25, 0.3) is 0 Å². The van der Waals surface area contributed by atoms with Crippen molar-refractivity contribution in [2.24, 2.45) is 0 Å². The quantitative estimate of drug-likeness (QED) is 0.686. The third-order valence-corrected chi connectivity index (χ3v) is 1.50. The van der Waals surface area contributed by atoms with Gasteiger partial charge in [-0.05, 0) is 13.0 Å². The zero-order valence-corrected chi connectivity index (χ0v) is 7.52. The first-order valence-electron chi connectivity index (χ1n) is 3.84. The minimum absolute atomic E-state index is 0.321. The lowest BCUT2D eigenvalue weighted by atomic mass is 10.3. The lowest BCUT2D eigenvalue weighted by molar-refractivity contribution is -0.141. The minimum Gasteiger partial charge on any atom is -0.467 e. The molecule has 0 fully saturated rings. The zero-order valence-electron chi connectivity index (χ0n) is 7.52. The molecule has 0 radical (unpaired) electrons. The number of aromatic nitrogens is 2. The number of anilines is 1. The van der Waals surface area contributed by atoms with Gasteiger partial charge >= 0.3 is 5.97 Å². The number of ether oxygens (including phenoxy) is 1. The van der Waals surface area contributed by atoms with Crippen molar-refractivity contribution in [1.82, 2.24) is 9.97 Å². The highest BCUT2D eigenvalue weighted by atomic mass is 16.5. The summed E-state index contributed by atoms with van der Waals surface area (Å²) in [5.74, 6) is 0.284. The van der Waals surface area contributed by atoms with Gasteiger partial charge < -0.3 is 10.1 Å². The Morgan fingerprint density at radius 3 is 3.00 bits per heavy atom. The van der Waals surface area contributed by atoms with Crippen molar-refractivity contribution in [2.45, 2.75) is 13.0 Å². The highest BCUT2D eigenvalue weighted by molar-refractivity contribution is 5.78. The molecule has 13 heavy (non-hydrogen) atoms. The van der Waals surface area contributed by atoms with E-state index in [1.54, 1.807) is 19.2 Å². The van der Waals surface area contributed by atoms with Crippen LogP contribution in [0.25, 0.3) is 0 Å². The molecule has 5 heteroatoms. The van der Waals surface area contributed by atoms with E-state index in [0.29, 0.717) is 5.82 Å². The fourth-order valence-electron chi connectivity index (χ4n) is 0.834. The maximum atomic E-state index is 11.0. The van der Waals surface area contributed by atoms with Crippen LogP contribution in [0, 0.1) is 0 Å². The van der Waals surface area contributed by atoms with Crippen LogP contribution in [0.1, 0.15) is 6.92 Å². The van der Waals surface area contributed by atoms with Crippen LogP contribution in [0.15, 0.2) is 18.6 Å². The van der Waals surface area contributed by atoms with Crippen LogP contribution in [0.2, 0.25) is 0 Å². The molecule has 0 saturated carbocycles. The standard InChI is InChI=1S/C8H11N3O2/c1-6(8(12)13-2)11-7-3-4-9-5-10-7/h3-6H,1-2H3,(H,9,10,11). The molecule has 70 valence electrons. The van der Waals surface area contributed by atoms with E-state index in [0.717, 1.165) is 0 Å². The first-order chi connectivity index (χ1) is 6.24. The summed E-state index contributed by atoms with van der Waals surface area (Å²) in [4.78, 5) is 18.6. The molecule has 1 atom stereocenters. The van der Waals surface area contributed by atoms with E-state index >= 15 is 0 Å². The first-order valence-corrected chi connectivity index (χ1v) is 3.84. The molecule has 0 amide bonds. The molecular weight excluding hydrogens is 170 g/mol. The average Bonchev–Trinajstić information content (AvgIpc) is 2.18. The molecule has 0 aliphatic carbocycles. The molecule has 1 N–H and O–H groups in total. The van der Waals surface area contributed by atoms with E-state index < -0.39 is 6.04 Å². The summed E-state index contributed by atoms with van der Waals surface area (Å²) >= 11 is 0. The van der Waals surface area contributed by atoms with Gasteiger partial charge in [-0.3, -0.25) is 0 Å². The predicted octanol–water partition coefficient (Wildman–Crippen LogP) is 0.450. The normalized spacial score (nSPS) is 11.8. The average molecular weight is 181 g/mol. The molecule has 1 rings (SSSR count). The van der Waals surface area contributed by atoms with Gasteiger partial charge in [0.2, 0.25) is 0 Å². The number of carbonyl (C=O) groups excluding carboxylic acids is 1. The molecule has 0 spiro atoms. The number of methoxy groups -OCH3 is 1. The van der Waals surface area contributed by atoms with Gasteiger partial charge in [0.1, 0.15) is 18.2 Å². The molecule has 0 bridgehead atoms. The van der Waals surface area contributed by atoms with E-state index in [-0.39, 0.29) is 5.97 Å². The second-order valence-corrected chi connectivity index (χ2v) is 2.48. The second-order valence-electron chi connectivity index (χ2n) is 2.48. The minimum atomic E-state index is -0.403. The van der Waals surface area contributed by atoms with Crippen LogP contribution >= 0.6 is 0 Å². The van der Waals surface area contributed by atoms with Crippen molar-refractivity contribution >= 4 is 11.8 Å². The third kappa shape index (κ3) is 2.70. The first kappa shape index (κ1) is 9.44. The second kappa shape index (κ2) is 4.39. The molecule has 1 aromatic heterocycles. The smallest absolute Gasteiger partial charge is 0.328 e. The summed E-state index contributed by atoms with van der Waals surface area (Å²) in [6.07, 6.45) is 3.01. The predicted molar refractivity (Wildman–Crippen MR) is 47.1 cm³/mol. The summed E-state index contributed by atoms with van der Waals surface area (Å²) in [6, 6.07) is 1.28. The maximum absolute atomic E-state index is 11.0. The van der Waals surface area contributed by atoms with Gasteiger partial charge in [-0.25, -0.2) is 14.8 Å². The largest absolute Gasteiger partial charge is 0.467 e. The van der Waals surface area contributed by atoms with Gasteiger partial charge in [-0.2, -0.15) is 0 Å². The van der Waals surface area contributed by atoms with Gasteiger partial charge in [-0.15, -0.1) is 0 Å². The van der Waals surface area contributed by atoms with Gasteiger partial charge in [-0.1, -0.05) is 0 Å². The SMILES string of the molecule is COC(=O)C(C)Nc1ccncn1. The molecule has 0 aliphatic heterocycles. The van der Waals surface area contributed by atoms with Gasteiger partial charge in [0, 0.05) is 6.20 Å². The van der Waals surface area contributed by atoms with Crippen molar-refractivity contribution in [1.29, 1.82) is 0 Å². The Morgan fingerprint density at radius 2 is 2.46 bits per heavy atom. The highest BCUT2D eigenvalue weighted by Gasteiger charge is 2.12. The topological polar surface area (TPSA) is 64.1 Å². The molecule has 5 nitrogen and oxygen atoms in total. The van der Waals surface area contributed by atoms with Crippen molar-refractivity contribution in [3.63, 3.8) is 0 Å². The summed E-state index contributed by atoms with van der Waals surface area (Å²) in [7, 11) is 1.35. The zero-order chi connectivity index (χ0) is 9.68. The van der Waals surface area contributed by atoms with Crippen LogP contribution in [0.4, 0.5) is 5.82 Å². The molecular formula is C8H11N3O2.